The van der Waals surface area contributed by atoms with Crippen LogP contribution in [0.25, 0.3) is 0 Å². The van der Waals surface area contributed by atoms with Crippen molar-refractivity contribution in [2.75, 3.05) is 42.3 Å². The number of rotatable bonds is 6. The summed E-state index contributed by atoms with van der Waals surface area (Å²) in [5, 5.41) is 14.9. The van der Waals surface area contributed by atoms with Gasteiger partial charge in [-0.25, -0.2) is 4.68 Å². The minimum Gasteiger partial charge on any atom is -0.378 e. The van der Waals surface area contributed by atoms with Gasteiger partial charge in [0.1, 0.15) is 0 Å². The number of halogens is 3. The molecule has 1 aromatic heterocycles. The third-order valence-electron chi connectivity index (χ3n) is 5.42. The van der Waals surface area contributed by atoms with E-state index in [2.05, 4.69) is 20.8 Å². The van der Waals surface area contributed by atoms with E-state index in [1.54, 1.807) is 4.68 Å². The predicted octanol–water partition coefficient (Wildman–Crippen LogP) is 3.37. The number of carbonyl (C=O) groups excluding carboxylic acids is 1. The fourth-order valence-electron chi connectivity index (χ4n) is 3.87. The lowest BCUT2D eigenvalue weighted by atomic mass is 10.1. The van der Waals surface area contributed by atoms with Gasteiger partial charge in [0.15, 0.2) is 0 Å². The second-order valence-electron chi connectivity index (χ2n) is 7.51. The molecule has 1 N–H and O–H groups in total. The van der Waals surface area contributed by atoms with Crippen LogP contribution in [0.4, 0.5) is 24.5 Å². The van der Waals surface area contributed by atoms with Crippen LogP contribution in [0.5, 0.6) is 0 Å². The van der Waals surface area contributed by atoms with E-state index < -0.39 is 17.6 Å². The van der Waals surface area contributed by atoms with Gasteiger partial charge >= 0.3 is 6.18 Å². The molecule has 0 bridgehead atoms. The third-order valence-corrected chi connectivity index (χ3v) is 6.35. The first-order valence-corrected chi connectivity index (χ1v) is 11.1. The molecule has 8 nitrogen and oxygen atoms in total. The summed E-state index contributed by atoms with van der Waals surface area (Å²) in [5.74, 6) is -0.425. The number of aromatic nitrogens is 4. The lowest BCUT2D eigenvalue weighted by Gasteiger charge is -2.31. The fourth-order valence-corrected chi connectivity index (χ4v) is 4.61. The average molecular weight is 456 g/mol. The maximum atomic E-state index is 13.2. The quantitative estimate of drug-likeness (QED) is 0.667. The number of nitrogens with one attached hydrogen (secondary N) is 1. The molecule has 31 heavy (non-hydrogen) atoms. The van der Waals surface area contributed by atoms with E-state index in [0.29, 0.717) is 37.1 Å². The van der Waals surface area contributed by atoms with Gasteiger partial charge in [-0.15, -0.1) is 5.10 Å². The second-order valence-corrected chi connectivity index (χ2v) is 8.45. The van der Waals surface area contributed by atoms with E-state index in [-0.39, 0.29) is 17.5 Å². The number of benzene rings is 1. The molecule has 1 saturated heterocycles. The second kappa shape index (κ2) is 9.43. The van der Waals surface area contributed by atoms with Gasteiger partial charge in [-0.05, 0) is 41.5 Å². The van der Waals surface area contributed by atoms with Gasteiger partial charge < -0.3 is 15.0 Å². The number of ether oxygens (including phenoxy) is 1. The number of carbonyl (C=O) groups is 1. The molecule has 1 amide bonds. The van der Waals surface area contributed by atoms with Gasteiger partial charge in [-0.1, -0.05) is 24.6 Å². The molecule has 2 heterocycles. The molecule has 2 fully saturated rings. The van der Waals surface area contributed by atoms with E-state index in [9.17, 15) is 18.0 Å². The Morgan fingerprint density at radius 2 is 1.97 bits per heavy atom. The molecule has 1 aliphatic carbocycles. The Morgan fingerprint density at radius 3 is 2.68 bits per heavy atom. The molecular weight excluding hydrogens is 433 g/mol. The van der Waals surface area contributed by atoms with Crippen molar-refractivity contribution in [3.05, 3.63) is 23.8 Å². The average Bonchev–Trinajstić information content (AvgIpc) is 3.44. The summed E-state index contributed by atoms with van der Waals surface area (Å²) in [6, 6.07) is 3.65. The van der Waals surface area contributed by atoms with E-state index >= 15 is 0 Å². The van der Waals surface area contributed by atoms with E-state index in [1.165, 1.54) is 17.8 Å². The smallest absolute Gasteiger partial charge is 0.378 e. The molecule has 0 atom stereocenters. The molecule has 1 saturated carbocycles. The number of hydrogen-bond acceptors (Lipinski definition) is 7. The normalized spacial score (nSPS) is 17.8. The molecule has 2 aliphatic rings. The van der Waals surface area contributed by atoms with E-state index in [4.69, 9.17) is 4.74 Å². The highest BCUT2D eigenvalue weighted by molar-refractivity contribution is 7.99. The summed E-state index contributed by atoms with van der Waals surface area (Å²) in [4.78, 5) is 14.5. The Morgan fingerprint density at radius 1 is 1.23 bits per heavy atom. The van der Waals surface area contributed by atoms with Crippen LogP contribution in [0.3, 0.4) is 0 Å². The Hall–Kier alpha value is -2.34. The first-order valence-electron chi connectivity index (χ1n) is 10.2. The molecular formula is C19H23F3N6O2S. The van der Waals surface area contributed by atoms with Gasteiger partial charge in [-0.2, -0.15) is 13.2 Å². The summed E-state index contributed by atoms with van der Waals surface area (Å²) in [6.45, 7) is 2.04. The Labute approximate surface area is 181 Å². The number of anilines is 2. The van der Waals surface area contributed by atoms with Crippen molar-refractivity contribution < 1.29 is 22.7 Å². The van der Waals surface area contributed by atoms with Gasteiger partial charge in [-0.3, -0.25) is 4.79 Å². The first kappa shape index (κ1) is 21.9. The van der Waals surface area contributed by atoms with Gasteiger partial charge in [0.2, 0.25) is 11.1 Å². The molecule has 0 spiro atoms. The minimum atomic E-state index is -4.50. The molecule has 168 valence electrons. The van der Waals surface area contributed by atoms with Crippen molar-refractivity contribution in [2.24, 2.45) is 0 Å². The molecule has 0 radical (unpaired) electrons. The maximum Gasteiger partial charge on any atom is 0.416 e. The minimum absolute atomic E-state index is 0.00805. The Kier molecular flexibility index (Phi) is 6.65. The Balaban J connectivity index is 1.47. The number of morpholine rings is 1. The van der Waals surface area contributed by atoms with Gasteiger partial charge in [0.05, 0.1) is 41.9 Å². The number of thioether (sulfide) groups is 1. The molecule has 4 rings (SSSR count). The van der Waals surface area contributed by atoms with Crippen LogP contribution in [0.1, 0.15) is 37.3 Å². The van der Waals surface area contributed by atoms with Crippen molar-refractivity contribution in [3.63, 3.8) is 0 Å². The lowest BCUT2D eigenvalue weighted by molar-refractivity contribution is -0.137. The first-order chi connectivity index (χ1) is 14.9. The SMILES string of the molecule is O=C(CSc1nnnn1C1CCCC1)Nc1cc(C(F)(F)F)ccc1N1CCOCC1. The number of alkyl halides is 3. The third kappa shape index (κ3) is 5.29. The van der Waals surface area contributed by atoms with Crippen molar-refractivity contribution in [2.45, 2.75) is 43.1 Å². The van der Waals surface area contributed by atoms with Crippen LogP contribution < -0.4 is 10.2 Å². The zero-order valence-electron chi connectivity index (χ0n) is 16.8. The highest BCUT2D eigenvalue weighted by Crippen LogP contribution is 2.36. The Bertz CT molecular complexity index is 910. The number of amides is 1. The van der Waals surface area contributed by atoms with E-state index in [0.717, 1.165) is 37.8 Å². The zero-order chi connectivity index (χ0) is 21.8. The molecule has 1 aliphatic heterocycles. The zero-order valence-corrected chi connectivity index (χ0v) is 17.6. The van der Waals surface area contributed by atoms with Gasteiger partial charge in [0, 0.05) is 13.1 Å². The molecule has 2 aromatic rings. The largest absolute Gasteiger partial charge is 0.416 e. The van der Waals surface area contributed by atoms with Crippen LogP contribution in [0, 0.1) is 0 Å². The van der Waals surface area contributed by atoms with E-state index in [1.807, 2.05) is 4.90 Å². The monoisotopic (exact) mass is 456 g/mol. The summed E-state index contributed by atoms with van der Waals surface area (Å²) in [7, 11) is 0. The topological polar surface area (TPSA) is 85.2 Å². The summed E-state index contributed by atoms with van der Waals surface area (Å²) in [5.41, 5.74) is -0.124. The predicted molar refractivity (Wildman–Crippen MR) is 109 cm³/mol. The van der Waals surface area contributed by atoms with Crippen LogP contribution in [0.2, 0.25) is 0 Å². The van der Waals surface area contributed by atoms with Crippen molar-refractivity contribution in [1.29, 1.82) is 0 Å². The van der Waals surface area contributed by atoms with Crippen LogP contribution in [-0.2, 0) is 15.7 Å². The maximum absolute atomic E-state index is 13.2. The number of nitrogens with zero attached hydrogens (tertiary/aromatic N) is 5. The highest BCUT2D eigenvalue weighted by Gasteiger charge is 2.32. The molecule has 1 aromatic carbocycles. The molecule has 0 unspecified atom stereocenters. The molecule has 12 heteroatoms. The van der Waals surface area contributed by atoms with Crippen molar-refractivity contribution in [1.82, 2.24) is 20.2 Å². The van der Waals surface area contributed by atoms with Crippen LogP contribution in [-0.4, -0.2) is 58.2 Å². The standard InChI is InChI=1S/C19H23F3N6O2S/c20-19(21,22)13-5-6-16(27-7-9-30-10-8-27)15(11-13)23-17(29)12-31-18-24-25-26-28(18)14-3-1-2-4-14/h5-6,11,14H,1-4,7-10,12H2,(H,23,29). The van der Waals surface area contributed by atoms with Crippen LogP contribution in [0.15, 0.2) is 23.4 Å². The number of tetrazole rings is 1. The van der Waals surface area contributed by atoms with Gasteiger partial charge in [0.25, 0.3) is 0 Å². The number of hydrogen-bond donors (Lipinski definition) is 1. The van der Waals surface area contributed by atoms with Crippen molar-refractivity contribution >= 4 is 29.0 Å². The fraction of sp³-hybridized carbons (Fsp3) is 0.579. The summed E-state index contributed by atoms with van der Waals surface area (Å²) >= 11 is 1.18. The van der Waals surface area contributed by atoms with Crippen molar-refractivity contribution in [3.8, 4) is 0 Å². The highest BCUT2D eigenvalue weighted by atomic mass is 32.2. The summed E-state index contributed by atoms with van der Waals surface area (Å²) < 4.78 is 46.8. The van der Waals surface area contributed by atoms with Crippen LogP contribution >= 0.6 is 11.8 Å². The lowest BCUT2D eigenvalue weighted by Crippen LogP contribution is -2.37. The summed E-state index contributed by atoms with van der Waals surface area (Å²) in [6.07, 6.45) is -0.263.